The van der Waals surface area contributed by atoms with Gasteiger partial charge in [0, 0.05) is 38.3 Å². The predicted molar refractivity (Wildman–Crippen MR) is 77.2 cm³/mol. The zero-order valence-corrected chi connectivity index (χ0v) is 13.1. The fourth-order valence-electron chi connectivity index (χ4n) is 2.65. The van der Waals surface area contributed by atoms with Crippen LogP contribution in [0.25, 0.3) is 0 Å². The van der Waals surface area contributed by atoms with Crippen LogP contribution in [0.5, 0.6) is 0 Å². The van der Waals surface area contributed by atoms with Crippen LogP contribution in [0.1, 0.15) is 46.0 Å². The van der Waals surface area contributed by atoms with Crippen molar-refractivity contribution in [2.75, 3.05) is 20.1 Å². The lowest BCUT2D eigenvalue weighted by molar-refractivity contribution is 0.226. The molecule has 6 heteroatoms. The van der Waals surface area contributed by atoms with Gasteiger partial charge in [-0.15, -0.1) is 0 Å². The van der Waals surface area contributed by atoms with Gasteiger partial charge in [-0.1, -0.05) is 20.3 Å². The minimum Gasteiger partial charge on any atom is -0.313 e. The van der Waals surface area contributed by atoms with Gasteiger partial charge in [-0.2, -0.15) is 17.0 Å². The van der Waals surface area contributed by atoms with E-state index in [0.29, 0.717) is 12.6 Å². The van der Waals surface area contributed by atoms with Crippen molar-refractivity contribution in [1.82, 2.24) is 13.9 Å². The maximum atomic E-state index is 12.6. The molecule has 1 unspecified atom stereocenters. The quantitative estimate of drug-likeness (QED) is 0.799. The van der Waals surface area contributed by atoms with Gasteiger partial charge in [-0.05, 0) is 25.7 Å². The van der Waals surface area contributed by atoms with Crippen molar-refractivity contribution in [2.45, 2.75) is 64.1 Å². The van der Waals surface area contributed by atoms with Gasteiger partial charge in [0.05, 0.1) is 0 Å². The van der Waals surface area contributed by atoms with Crippen LogP contribution in [0.4, 0.5) is 0 Å². The van der Waals surface area contributed by atoms with Gasteiger partial charge in [0.2, 0.25) is 0 Å². The van der Waals surface area contributed by atoms with E-state index in [1.165, 1.54) is 0 Å². The largest absolute Gasteiger partial charge is 0.313 e. The third-order valence-corrected chi connectivity index (χ3v) is 6.16. The summed E-state index contributed by atoms with van der Waals surface area (Å²) in [7, 11) is -1.54. The van der Waals surface area contributed by atoms with E-state index in [4.69, 9.17) is 0 Å². The Balaban J connectivity index is 2.05. The van der Waals surface area contributed by atoms with Crippen LogP contribution in [0.2, 0.25) is 0 Å². The third-order valence-electron chi connectivity index (χ3n) is 4.06. The molecule has 19 heavy (non-hydrogen) atoms. The van der Waals surface area contributed by atoms with E-state index < -0.39 is 10.2 Å². The average Bonchev–Trinajstić information content (AvgIpc) is 3.20. The van der Waals surface area contributed by atoms with E-state index in [0.717, 1.165) is 38.6 Å². The fourth-order valence-corrected chi connectivity index (χ4v) is 4.48. The molecule has 0 spiro atoms. The smallest absolute Gasteiger partial charge is 0.282 e. The molecule has 0 radical (unpaired) electrons. The molecule has 2 fully saturated rings. The zero-order chi connectivity index (χ0) is 14.0. The SMILES string of the molecule is CC(C)NCC1CCCCN1S(=O)(=O)N(C)C1CC1. The van der Waals surface area contributed by atoms with Crippen molar-refractivity contribution in [1.29, 1.82) is 0 Å². The van der Waals surface area contributed by atoms with Gasteiger partial charge in [0.25, 0.3) is 10.2 Å². The molecule has 5 nitrogen and oxygen atoms in total. The molecule has 1 aliphatic heterocycles. The molecule has 1 saturated heterocycles. The summed E-state index contributed by atoms with van der Waals surface area (Å²) in [5.41, 5.74) is 0. The maximum absolute atomic E-state index is 12.6. The maximum Gasteiger partial charge on any atom is 0.282 e. The summed E-state index contributed by atoms with van der Waals surface area (Å²) in [5.74, 6) is 0. The summed E-state index contributed by atoms with van der Waals surface area (Å²) < 4.78 is 28.6. The number of hydrogen-bond donors (Lipinski definition) is 1. The van der Waals surface area contributed by atoms with Crippen LogP contribution in [0.15, 0.2) is 0 Å². The van der Waals surface area contributed by atoms with Crippen LogP contribution >= 0.6 is 0 Å². The molecule has 1 N–H and O–H groups in total. The van der Waals surface area contributed by atoms with E-state index in [1.807, 2.05) is 0 Å². The Kier molecular flexibility index (Phi) is 4.87. The van der Waals surface area contributed by atoms with Gasteiger partial charge in [0.15, 0.2) is 0 Å². The third kappa shape index (κ3) is 3.68. The van der Waals surface area contributed by atoms with Gasteiger partial charge >= 0.3 is 0 Å². The van der Waals surface area contributed by atoms with Gasteiger partial charge in [-0.3, -0.25) is 0 Å². The molecule has 2 rings (SSSR count). The molecule has 2 aliphatic rings. The van der Waals surface area contributed by atoms with Crippen molar-refractivity contribution >= 4 is 10.2 Å². The Morgan fingerprint density at radius 3 is 2.53 bits per heavy atom. The molecule has 0 aromatic carbocycles. The highest BCUT2D eigenvalue weighted by Gasteiger charge is 2.40. The molecule has 1 heterocycles. The second-order valence-corrected chi connectivity index (χ2v) is 8.02. The molecule has 1 atom stereocenters. The van der Waals surface area contributed by atoms with Crippen molar-refractivity contribution in [3.63, 3.8) is 0 Å². The summed E-state index contributed by atoms with van der Waals surface area (Å²) in [6.45, 7) is 5.62. The number of nitrogens with zero attached hydrogens (tertiary/aromatic N) is 2. The number of piperidine rings is 1. The molecule has 1 saturated carbocycles. The average molecular weight is 289 g/mol. The fraction of sp³-hybridized carbons (Fsp3) is 1.00. The Labute approximate surface area is 117 Å². The summed E-state index contributed by atoms with van der Waals surface area (Å²) in [5, 5.41) is 3.38. The first-order valence-corrected chi connectivity index (χ1v) is 8.81. The van der Waals surface area contributed by atoms with Crippen molar-refractivity contribution in [3.05, 3.63) is 0 Å². The molecule has 112 valence electrons. The van der Waals surface area contributed by atoms with E-state index in [1.54, 1.807) is 15.7 Å². The molecule has 1 aliphatic carbocycles. The first-order valence-electron chi connectivity index (χ1n) is 7.41. The van der Waals surface area contributed by atoms with Crippen LogP contribution in [0.3, 0.4) is 0 Å². The number of rotatable bonds is 6. The Hall–Kier alpha value is -0.170. The van der Waals surface area contributed by atoms with Gasteiger partial charge in [-0.25, -0.2) is 0 Å². The zero-order valence-electron chi connectivity index (χ0n) is 12.3. The molecular formula is C13H27N3O2S. The van der Waals surface area contributed by atoms with Crippen LogP contribution in [-0.4, -0.2) is 55.3 Å². The lowest BCUT2D eigenvalue weighted by Gasteiger charge is -2.37. The van der Waals surface area contributed by atoms with Crippen molar-refractivity contribution in [2.24, 2.45) is 0 Å². The van der Waals surface area contributed by atoms with Crippen LogP contribution < -0.4 is 5.32 Å². The summed E-state index contributed by atoms with van der Waals surface area (Å²) in [6.07, 6.45) is 5.11. The Morgan fingerprint density at radius 2 is 1.95 bits per heavy atom. The minimum atomic E-state index is -3.27. The summed E-state index contributed by atoms with van der Waals surface area (Å²) in [4.78, 5) is 0. The molecular weight excluding hydrogens is 262 g/mol. The summed E-state index contributed by atoms with van der Waals surface area (Å²) in [6, 6.07) is 0.751. The van der Waals surface area contributed by atoms with E-state index in [-0.39, 0.29) is 12.1 Å². The minimum absolute atomic E-state index is 0.113. The topological polar surface area (TPSA) is 52.7 Å². The highest BCUT2D eigenvalue weighted by atomic mass is 32.2. The standard InChI is InChI=1S/C13H27N3O2S/c1-11(2)14-10-13-6-4-5-9-16(13)19(17,18)15(3)12-7-8-12/h11-14H,4-10H2,1-3H3. The molecule has 0 bridgehead atoms. The Bertz CT molecular complexity index is 393. The highest BCUT2D eigenvalue weighted by Crippen LogP contribution is 2.31. The molecule has 0 amide bonds. The number of hydrogen-bond acceptors (Lipinski definition) is 3. The number of nitrogens with one attached hydrogen (secondary N) is 1. The molecule has 0 aromatic heterocycles. The molecule has 0 aromatic rings. The van der Waals surface area contributed by atoms with E-state index in [2.05, 4.69) is 19.2 Å². The lowest BCUT2D eigenvalue weighted by Crippen LogP contribution is -2.53. The van der Waals surface area contributed by atoms with Crippen molar-refractivity contribution < 1.29 is 8.42 Å². The lowest BCUT2D eigenvalue weighted by atomic mass is 10.0. The Morgan fingerprint density at radius 1 is 1.26 bits per heavy atom. The van der Waals surface area contributed by atoms with Crippen LogP contribution in [-0.2, 0) is 10.2 Å². The first-order chi connectivity index (χ1) is 8.93. The first kappa shape index (κ1) is 15.2. The normalized spacial score (nSPS) is 26.3. The van der Waals surface area contributed by atoms with E-state index >= 15 is 0 Å². The summed E-state index contributed by atoms with van der Waals surface area (Å²) >= 11 is 0. The monoisotopic (exact) mass is 289 g/mol. The predicted octanol–water partition coefficient (Wildman–Crippen LogP) is 1.18. The van der Waals surface area contributed by atoms with E-state index in [9.17, 15) is 8.42 Å². The second-order valence-electron chi connectivity index (χ2n) is 6.08. The van der Waals surface area contributed by atoms with Crippen molar-refractivity contribution in [3.8, 4) is 0 Å². The highest BCUT2D eigenvalue weighted by molar-refractivity contribution is 7.86. The second kappa shape index (κ2) is 6.08. The van der Waals surface area contributed by atoms with Crippen LogP contribution in [0, 0.1) is 0 Å². The van der Waals surface area contributed by atoms with Gasteiger partial charge < -0.3 is 5.32 Å². The van der Waals surface area contributed by atoms with Gasteiger partial charge in [0.1, 0.15) is 0 Å².